The van der Waals surface area contributed by atoms with Crippen LogP contribution in [-0.2, 0) is 18.8 Å². The highest BCUT2D eigenvalue weighted by molar-refractivity contribution is 6.71. The van der Waals surface area contributed by atoms with Gasteiger partial charge < -0.3 is 14.5 Å². The Balaban J connectivity index is 3.68. The molecule has 0 aliphatic rings. The molecule has 0 aliphatic carbocycles. The zero-order chi connectivity index (χ0) is 12.6. The Labute approximate surface area is 97.6 Å². The molecule has 94 valence electrons. The van der Waals surface area contributed by atoms with Crippen LogP contribution in [0.3, 0.4) is 0 Å². The molecule has 0 bridgehead atoms. The number of rotatable bonds is 6. The van der Waals surface area contributed by atoms with Crippen LogP contribution in [-0.4, -0.2) is 40.5 Å². The second-order valence-electron chi connectivity index (χ2n) is 4.04. The SMILES string of the molecule is CCO[Si](C)(C)CCCNC(=O)C(=O)OC. The maximum atomic E-state index is 11.0. The molecule has 0 radical (unpaired) electrons. The fraction of sp³-hybridized carbons (Fsp3) is 0.800. The average molecular weight is 247 g/mol. The first-order valence-corrected chi connectivity index (χ1v) is 8.54. The third-order valence-electron chi connectivity index (χ3n) is 2.15. The predicted octanol–water partition coefficient (Wildman–Crippen LogP) is 0.907. The van der Waals surface area contributed by atoms with E-state index in [4.69, 9.17) is 4.43 Å². The first-order valence-electron chi connectivity index (χ1n) is 5.43. The van der Waals surface area contributed by atoms with Gasteiger partial charge in [0.05, 0.1) is 7.11 Å². The normalized spacial score (nSPS) is 11.0. The van der Waals surface area contributed by atoms with Gasteiger partial charge in [0.15, 0.2) is 8.32 Å². The molecule has 0 aromatic heterocycles. The average Bonchev–Trinajstić information content (AvgIpc) is 2.22. The van der Waals surface area contributed by atoms with Crippen molar-refractivity contribution in [3.63, 3.8) is 0 Å². The topological polar surface area (TPSA) is 64.6 Å². The highest BCUT2D eigenvalue weighted by Crippen LogP contribution is 2.12. The van der Waals surface area contributed by atoms with E-state index < -0.39 is 20.2 Å². The highest BCUT2D eigenvalue weighted by atomic mass is 28.4. The summed E-state index contributed by atoms with van der Waals surface area (Å²) in [4.78, 5) is 21.8. The molecule has 5 nitrogen and oxygen atoms in total. The quantitative estimate of drug-likeness (QED) is 0.328. The van der Waals surface area contributed by atoms with Gasteiger partial charge in [-0.3, -0.25) is 4.79 Å². The summed E-state index contributed by atoms with van der Waals surface area (Å²) in [5, 5.41) is 2.50. The van der Waals surface area contributed by atoms with E-state index in [9.17, 15) is 9.59 Å². The Kier molecular flexibility index (Phi) is 6.99. The van der Waals surface area contributed by atoms with Crippen molar-refractivity contribution in [2.24, 2.45) is 0 Å². The molecule has 0 aromatic rings. The Hall–Kier alpha value is -0.883. The summed E-state index contributed by atoms with van der Waals surface area (Å²) in [7, 11) is -0.391. The Morgan fingerprint density at radius 2 is 1.94 bits per heavy atom. The number of nitrogens with one attached hydrogen (secondary N) is 1. The summed E-state index contributed by atoms with van der Waals surface area (Å²) in [5.41, 5.74) is 0. The van der Waals surface area contributed by atoms with Crippen molar-refractivity contribution < 1.29 is 18.8 Å². The number of esters is 1. The van der Waals surface area contributed by atoms with Gasteiger partial charge in [-0.05, 0) is 32.5 Å². The van der Waals surface area contributed by atoms with Crippen LogP contribution in [0.4, 0.5) is 0 Å². The molecule has 0 heterocycles. The van der Waals surface area contributed by atoms with Crippen molar-refractivity contribution in [3.8, 4) is 0 Å². The molecule has 1 N–H and O–H groups in total. The first kappa shape index (κ1) is 15.1. The van der Waals surface area contributed by atoms with E-state index in [2.05, 4.69) is 23.1 Å². The number of hydrogen-bond donors (Lipinski definition) is 1. The molecule has 6 heteroatoms. The molecule has 0 spiro atoms. The van der Waals surface area contributed by atoms with Gasteiger partial charge in [0, 0.05) is 13.2 Å². The van der Waals surface area contributed by atoms with Crippen LogP contribution in [0.15, 0.2) is 0 Å². The monoisotopic (exact) mass is 247 g/mol. The summed E-state index contributed by atoms with van der Waals surface area (Å²) < 4.78 is 9.92. The van der Waals surface area contributed by atoms with Crippen LogP contribution in [0.1, 0.15) is 13.3 Å². The molecule has 0 rings (SSSR count). The van der Waals surface area contributed by atoms with Gasteiger partial charge in [-0.25, -0.2) is 4.79 Å². The number of carbonyl (C=O) groups is 2. The standard InChI is InChI=1S/C10H21NO4Si/c1-5-15-16(3,4)8-6-7-11-9(12)10(13)14-2/h5-8H2,1-4H3,(H,11,12). The predicted molar refractivity (Wildman–Crippen MR) is 63.6 cm³/mol. The minimum Gasteiger partial charge on any atom is -0.462 e. The summed E-state index contributed by atoms with van der Waals surface area (Å²) in [6, 6.07) is 0.961. The van der Waals surface area contributed by atoms with Gasteiger partial charge in [-0.1, -0.05) is 0 Å². The van der Waals surface area contributed by atoms with Crippen LogP contribution >= 0.6 is 0 Å². The van der Waals surface area contributed by atoms with Crippen molar-refractivity contribution in [2.75, 3.05) is 20.3 Å². The van der Waals surface area contributed by atoms with Crippen molar-refractivity contribution >= 4 is 20.2 Å². The molecule has 0 saturated heterocycles. The zero-order valence-corrected chi connectivity index (χ0v) is 11.5. The highest BCUT2D eigenvalue weighted by Gasteiger charge is 2.21. The number of hydrogen-bond acceptors (Lipinski definition) is 4. The Bertz CT molecular complexity index is 243. The van der Waals surface area contributed by atoms with Crippen molar-refractivity contribution in [1.82, 2.24) is 5.32 Å². The minimum atomic E-state index is -1.58. The molecule has 0 aliphatic heterocycles. The third kappa shape index (κ3) is 6.57. The molecule has 0 saturated carbocycles. The van der Waals surface area contributed by atoms with E-state index >= 15 is 0 Å². The van der Waals surface area contributed by atoms with E-state index in [0.717, 1.165) is 19.1 Å². The van der Waals surface area contributed by atoms with Crippen LogP contribution < -0.4 is 5.32 Å². The lowest BCUT2D eigenvalue weighted by molar-refractivity contribution is -0.152. The van der Waals surface area contributed by atoms with Crippen LogP contribution in [0.25, 0.3) is 0 Å². The van der Waals surface area contributed by atoms with Gasteiger partial charge in [-0.15, -0.1) is 0 Å². The van der Waals surface area contributed by atoms with Gasteiger partial charge >= 0.3 is 11.9 Å². The molecule has 1 amide bonds. The minimum absolute atomic E-state index is 0.484. The molecule has 16 heavy (non-hydrogen) atoms. The lowest BCUT2D eigenvalue weighted by Gasteiger charge is -2.21. The largest absolute Gasteiger partial charge is 0.462 e. The second-order valence-corrected chi connectivity index (χ2v) is 8.35. The number of carbonyl (C=O) groups excluding carboxylic acids is 2. The van der Waals surface area contributed by atoms with Crippen LogP contribution in [0, 0.1) is 0 Å². The van der Waals surface area contributed by atoms with E-state index in [0.29, 0.717) is 6.54 Å². The maximum Gasteiger partial charge on any atom is 0.396 e. The van der Waals surface area contributed by atoms with E-state index in [1.807, 2.05) is 6.92 Å². The summed E-state index contributed by atoms with van der Waals surface area (Å²) in [6.45, 7) is 7.47. The lowest BCUT2D eigenvalue weighted by Crippen LogP contribution is -2.35. The maximum absolute atomic E-state index is 11.0. The van der Waals surface area contributed by atoms with Crippen molar-refractivity contribution in [3.05, 3.63) is 0 Å². The fourth-order valence-corrected chi connectivity index (χ4v) is 3.30. The summed E-state index contributed by atoms with van der Waals surface area (Å²) in [5.74, 6) is -1.53. The van der Waals surface area contributed by atoms with Crippen molar-refractivity contribution in [2.45, 2.75) is 32.5 Å². The molecule has 0 aromatic carbocycles. The van der Waals surface area contributed by atoms with Gasteiger partial charge in [0.1, 0.15) is 0 Å². The van der Waals surface area contributed by atoms with Gasteiger partial charge in [0.2, 0.25) is 0 Å². The van der Waals surface area contributed by atoms with E-state index in [-0.39, 0.29) is 0 Å². The zero-order valence-electron chi connectivity index (χ0n) is 10.5. The Morgan fingerprint density at radius 3 is 2.44 bits per heavy atom. The van der Waals surface area contributed by atoms with Crippen LogP contribution in [0.5, 0.6) is 0 Å². The van der Waals surface area contributed by atoms with E-state index in [1.165, 1.54) is 7.11 Å². The third-order valence-corrected chi connectivity index (χ3v) is 4.77. The lowest BCUT2D eigenvalue weighted by atomic mass is 10.4. The number of ether oxygens (including phenoxy) is 1. The molecule has 0 unspecified atom stereocenters. The van der Waals surface area contributed by atoms with Crippen LogP contribution in [0.2, 0.25) is 19.1 Å². The number of methoxy groups -OCH3 is 1. The molecular formula is C10H21NO4Si. The molecule has 0 fully saturated rings. The van der Waals surface area contributed by atoms with Gasteiger partial charge in [-0.2, -0.15) is 0 Å². The summed E-state index contributed by atoms with van der Waals surface area (Å²) in [6.07, 6.45) is 0.821. The van der Waals surface area contributed by atoms with Crippen molar-refractivity contribution in [1.29, 1.82) is 0 Å². The molecular weight excluding hydrogens is 226 g/mol. The smallest absolute Gasteiger partial charge is 0.396 e. The second kappa shape index (κ2) is 7.40. The van der Waals surface area contributed by atoms with E-state index in [1.54, 1.807) is 0 Å². The number of amides is 1. The first-order chi connectivity index (χ1) is 7.43. The summed E-state index contributed by atoms with van der Waals surface area (Å²) >= 11 is 0. The molecule has 0 atom stereocenters. The van der Waals surface area contributed by atoms with Gasteiger partial charge in [0.25, 0.3) is 0 Å². The fourth-order valence-electron chi connectivity index (χ4n) is 1.34. The Morgan fingerprint density at radius 1 is 1.31 bits per heavy atom.